The van der Waals surface area contributed by atoms with Gasteiger partial charge in [0, 0.05) is 24.3 Å². The first-order valence-corrected chi connectivity index (χ1v) is 8.15. The molecule has 0 amide bonds. The molecule has 0 aliphatic carbocycles. The summed E-state index contributed by atoms with van der Waals surface area (Å²) in [7, 11) is 0. The van der Waals surface area contributed by atoms with Crippen molar-refractivity contribution >= 4 is 17.1 Å². The average Bonchev–Trinajstić information content (AvgIpc) is 2.66. The molecule has 0 aromatic heterocycles. The number of hydrogen-bond acceptors (Lipinski definition) is 4. The molecule has 0 saturated carbocycles. The van der Waals surface area contributed by atoms with Gasteiger partial charge in [0.1, 0.15) is 22.8 Å². The van der Waals surface area contributed by atoms with E-state index in [0.717, 1.165) is 5.69 Å². The monoisotopic (exact) mass is 335 g/mol. The SMILES string of the molecule is Cc1ccc([NH+](c2ccccc2)c2ccc(OC(N)NN)cc2)cc1. The molecule has 3 rings (SSSR count). The highest BCUT2D eigenvalue weighted by molar-refractivity contribution is 5.47. The van der Waals surface area contributed by atoms with Crippen molar-refractivity contribution < 1.29 is 9.64 Å². The zero-order valence-electron chi connectivity index (χ0n) is 14.1. The van der Waals surface area contributed by atoms with Crippen LogP contribution in [0.3, 0.4) is 0 Å². The van der Waals surface area contributed by atoms with Crippen molar-refractivity contribution in [3.63, 3.8) is 0 Å². The Morgan fingerprint density at radius 1 is 0.800 bits per heavy atom. The summed E-state index contributed by atoms with van der Waals surface area (Å²) in [6.07, 6.45) is -0.736. The average molecular weight is 335 g/mol. The molecule has 2 atom stereocenters. The highest BCUT2D eigenvalue weighted by Crippen LogP contribution is 2.19. The van der Waals surface area contributed by atoms with Crippen LogP contribution in [0.1, 0.15) is 5.56 Å². The third-order valence-corrected chi connectivity index (χ3v) is 3.97. The minimum Gasteiger partial charge on any atom is -0.461 e. The maximum atomic E-state index is 5.64. The van der Waals surface area contributed by atoms with Crippen LogP contribution in [0.5, 0.6) is 5.75 Å². The number of hydrogen-bond donors (Lipinski definition) is 4. The molecule has 5 nitrogen and oxygen atoms in total. The van der Waals surface area contributed by atoms with Crippen LogP contribution in [0.4, 0.5) is 17.1 Å². The van der Waals surface area contributed by atoms with Crippen molar-refractivity contribution in [1.82, 2.24) is 5.43 Å². The molecule has 0 aliphatic heterocycles. The molecule has 6 N–H and O–H groups in total. The van der Waals surface area contributed by atoms with Gasteiger partial charge in [0.05, 0.1) is 0 Å². The van der Waals surface area contributed by atoms with E-state index in [-0.39, 0.29) is 0 Å². The summed E-state index contributed by atoms with van der Waals surface area (Å²) >= 11 is 0. The Hall–Kier alpha value is -2.70. The fraction of sp³-hybridized carbons (Fsp3) is 0.100. The second kappa shape index (κ2) is 7.92. The van der Waals surface area contributed by atoms with Crippen molar-refractivity contribution in [3.05, 3.63) is 84.4 Å². The Bertz CT molecular complexity index is 788. The lowest BCUT2D eigenvalue weighted by atomic mass is 10.1. The molecule has 128 valence electrons. The number of quaternary nitrogens is 1. The highest BCUT2D eigenvalue weighted by Gasteiger charge is 2.18. The van der Waals surface area contributed by atoms with Crippen molar-refractivity contribution in [3.8, 4) is 5.75 Å². The number of hydrazine groups is 1. The van der Waals surface area contributed by atoms with Crippen LogP contribution in [0.2, 0.25) is 0 Å². The predicted octanol–water partition coefficient (Wildman–Crippen LogP) is 2.26. The van der Waals surface area contributed by atoms with E-state index in [1.165, 1.54) is 21.8 Å². The molecular formula is C20H23N4O+. The molecule has 2 unspecified atom stereocenters. The maximum absolute atomic E-state index is 5.64. The van der Waals surface area contributed by atoms with E-state index in [4.69, 9.17) is 16.3 Å². The highest BCUT2D eigenvalue weighted by atomic mass is 16.5. The third kappa shape index (κ3) is 4.23. The molecule has 0 saturated heterocycles. The Morgan fingerprint density at radius 2 is 1.32 bits per heavy atom. The van der Waals surface area contributed by atoms with Crippen LogP contribution < -0.4 is 26.6 Å². The fourth-order valence-electron chi connectivity index (χ4n) is 2.71. The first kappa shape index (κ1) is 17.1. The summed E-state index contributed by atoms with van der Waals surface area (Å²) in [5.74, 6) is 5.92. The lowest BCUT2D eigenvalue weighted by molar-refractivity contribution is -0.681. The van der Waals surface area contributed by atoms with Crippen LogP contribution >= 0.6 is 0 Å². The second-order valence-electron chi connectivity index (χ2n) is 5.84. The van der Waals surface area contributed by atoms with Gasteiger partial charge in [-0.2, -0.15) is 0 Å². The van der Waals surface area contributed by atoms with Gasteiger partial charge in [0.2, 0.25) is 6.35 Å². The number of para-hydroxylation sites is 1. The minimum atomic E-state index is -0.736. The summed E-state index contributed by atoms with van der Waals surface area (Å²) in [6, 6.07) is 26.8. The van der Waals surface area contributed by atoms with Gasteiger partial charge in [-0.15, -0.1) is 0 Å². The third-order valence-electron chi connectivity index (χ3n) is 3.97. The predicted molar refractivity (Wildman–Crippen MR) is 99.9 cm³/mol. The van der Waals surface area contributed by atoms with E-state index in [2.05, 4.69) is 48.7 Å². The summed E-state index contributed by atoms with van der Waals surface area (Å²) in [4.78, 5) is 1.17. The van der Waals surface area contributed by atoms with E-state index in [9.17, 15) is 0 Å². The number of aryl methyl sites for hydroxylation is 1. The van der Waals surface area contributed by atoms with Crippen LogP contribution in [0.15, 0.2) is 78.9 Å². The molecule has 0 bridgehead atoms. The van der Waals surface area contributed by atoms with Crippen LogP contribution in [-0.2, 0) is 0 Å². The van der Waals surface area contributed by atoms with E-state index in [1.54, 1.807) is 0 Å². The van der Waals surface area contributed by atoms with Gasteiger partial charge in [0.15, 0.2) is 0 Å². The summed E-state index contributed by atoms with van der Waals surface area (Å²) < 4.78 is 5.46. The molecular weight excluding hydrogens is 312 g/mol. The summed E-state index contributed by atoms with van der Waals surface area (Å²) in [6.45, 7) is 2.09. The standard InChI is InChI=1S/C20H22N4O/c1-15-7-9-17(10-8-15)24(16-5-3-2-4-6-16)18-11-13-19(14-12-18)25-20(21)23-22/h2-14,20,23H,21-22H2,1H3/p+1. The van der Waals surface area contributed by atoms with E-state index in [1.807, 2.05) is 42.5 Å². The van der Waals surface area contributed by atoms with Gasteiger partial charge in [0.25, 0.3) is 0 Å². The van der Waals surface area contributed by atoms with Crippen molar-refractivity contribution in [1.29, 1.82) is 0 Å². The zero-order chi connectivity index (χ0) is 17.6. The molecule has 0 spiro atoms. The molecule has 5 heteroatoms. The van der Waals surface area contributed by atoms with Crippen molar-refractivity contribution in [2.75, 3.05) is 0 Å². The Kier molecular flexibility index (Phi) is 5.42. The minimum absolute atomic E-state index is 0.658. The molecule has 0 fully saturated rings. The zero-order valence-corrected chi connectivity index (χ0v) is 14.1. The number of rotatable bonds is 6. The van der Waals surface area contributed by atoms with E-state index < -0.39 is 6.35 Å². The van der Waals surface area contributed by atoms with Gasteiger partial charge >= 0.3 is 0 Å². The molecule has 3 aromatic carbocycles. The van der Waals surface area contributed by atoms with Crippen LogP contribution in [0.25, 0.3) is 0 Å². The lowest BCUT2D eigenvalue weighted by Crippen LogP contribution is -2.96. The van der Waals surface area contributed by atoms with Crippen molar-refractivity contribution in [2.24, 2.45) is 11.6 Å². The number of ether oxygens (including phenoxy) is 1. The Labute approximate surface area is 147 Å². The van der Waals surface area contributed by atoms with Gasteiger partial charge < -0.3 is 4.74 Å². The summed E-state index contributed by atoms with van der Waals surface area (Å²) in [5.41, 5.74) is 12.7. The maximum Gasteiger partial charge on any atom is 0.216 e. The first-order chi connectivity index (χ1) is 12.2. The largest absolute Gasteiger partial charge is 0.461 e. The quantitative estimate of drug-likeness (QED) is 0.317. The molecule has 0 aliphatic rings. The Balaban J connectivity index is 1.96. The normalized spacial score (nSPS) is 13.2. The number of nitrogens with one attached hydrogen (secondary N) is 2. The first-order valence-electron chi connectivity index (χ1n) is 8.15. The van der Waals surface area contributed by atoms with Crippen LogP contribution in [0, 0.1) is 6.92 Å². The van der Waals surface area contributed by atoms with E-state index in [0.29, 0.717) is 5.75 Å². The topological polar surface area (TPSA) is 77.7 Å². The molecule has 3 aromatic rings. The molecule has 0 radical (unpaired) electrons. The van der Waals surface area contributed by atoms with E-state index >= 15 is 0 Å². The van der Waals surface area contributed by atoms with Gasteiger partial charge in [-0.3, -0.25) is 11.6 Å². The van der Waals surface area contributed by atoms with Gasteiger partial charge in [-0.1, -0.05) is 35.9 Å². The van der Waals surface area contributed by atoms with Crippen LogP contribution in [-0.4, -0.2) is 6.35 Å². The smallest absolute Gasteiger partial charge is 0.216 e. The van der Waals surface area contributed by atoms with Gasteiger partial charge in [-0.05, 0) is 31.2 Å². The molecule has 0 heterocycles. The lowest BCUT2D eigenvalue weighted by Gasteiger charge is -2.19. The molecule has 25 heavy (non-hydrogen) atoms. The number of benzene rings is 3. The Morgan fingerprint density at radius 3 is 1.88 bits per heavy atom. The summed E-state index contributed by atoms with van der Waals surface area (Å²) in [5, 5.41) is 0. The fourth-order valence-corrected chi connectivity index (χ4v) is 2.71. The second-order valence-corrected chi connectivity index (χ2v) is 5.84. The van der Waals surface area contributed by atoms with Gasteiger partial charge in [-0.25, -0.2) is 10.3 Å². The van der Waals surface area contributed by atoms with Crippen molar-refractivity contribution in [2.45, 2.75) is 13.3 Å². The number of nitrogens with two attached hydrogens (primary N) is 2.